The lowest BCUT2D eigenvalue weighted by atomic mass is 9.97. The summed E-state index contributed by atoms with van der Waals surface area (Å²) in [6.45, 7) is 3.91. The first-order valence-electron chi connectivity index (χ1n) is 7.80. The van der Waals surface area contributed by atoms with Gasteiger partial charge >= 0.3 is 0 Å². The van der Waals surface area contributed by atoms with Crippen molar-refractivity contribution in [1.82, 2.24) is 0 Å². The van der Waals surface area contributed by atoms with E-state index in [0.717, 1.165) is 15.6 Å². The van der Waals surface area contributed by atoms with E-state index in [0.29, 0.717) is 23.4 Å². The maximum Gasteiger partial charge on any atom is 0.262 e. The molecule has 0 bridgehead atoms. The molecular formula is C19H18BrNO3. The highest BCUT2D eigenvalue weighted by molar-refractivity contribution is 9.10. The maximum absolute atomic E-state index is 12.2. The molecule has 0 aromatic heterocycles. The van der Waals surface area contributed by atoms with Gasteiger partial charge in [-0.2, -0.15) is 0 Å². The Hall–Kier alpha value is -2.14. The predicted molar refractivity (Wildman–Crippen MR) is 96.8 cm³/mol. The molecule has 4 nitrogen and oxygen atoms in total. The Morgan fingerprint density at radius 2 is 1.96 bits per heavy atom. The van der Waals surface area contributed by atoms with Gasteiger partial charge in [-0.05, 0) is 54.3 Å². The van der Waals surface area contributed by atoms with Crippen molar-refractivity contribution in [1.29, 1.82) is 0 Å². The second kappa shape index (κ2) is 6.77. The predicted octanol–water partition coefficient (Wildman–Crippen LogP) is 4.46. The lowest BCUT2D eigenvalue weighted by Gasteiger charge is -2.13. The summed E-state index contributed by atoms with van der Waals surface area (Å²) in [5.74, 6) is 0.526. The van der Waals surface area contributed by atoms with Crippen LogP contribution in [-0.4, -0.2) is 18.3 Å². The number of hydrogen-bond acceptors (Lipinski definition) is 3. The van der Waals surface area contributed by atoms with Gasteiger partial charge in [0.1, 0.15) is 5.75 Å². The minimum atomic E-state index is -0.259. The molecule has 5 heteroatoms. The minimum absolute atomic E-state index is 0.0875. The molecule has 0 heterocycles. The van der Waals surface area contributed by atoms with Crippen LogP contribution in [0, 0.1) is 6.92 Å². The molecule has 1 aliphatic rings. The molecule has 0 saturated heterocycles. The normalized spacial score (nSPS) is 16.0. The van der Waals surface area contributed by atoms with Gasteiger partial charge in [0.15, 0.2) is 12.4 Å². The van der Waals surface area contributed by atoms with E-state index < -0.39 is 0 Å². The van der Waals surface area contributed by atoms with E-state index in [9.17, 15) is 9.59 Å². The van der Waals surface area contributed by atoms with Crippen LogP contribution in [0.25, 0.3) is 0 Å². The molecule has 0 aliphatic heterocycles. The summed E-state index contributed by atoms with van der Waals surface area (Å²) in [6.07, 6.45) is 0.502. The molecule has 1 aliphatic carbocycles. The van der Waals surface area contributed by atoms with Gasteiger partial charge in [0.05, 0.1) is 5.56 Å². The Morgan fingerprint density at radius 3 is 2.67 bits per heavy atom. The Morgan fingerprint density at radius 1 is 1.25 bits per heavy atom. The summed E-state index contributed by atoms with van der Waals surface area (Å²) < 4.78 is 6.58. The van der Waals surface area contributed by atoms with Crippen molar-refractivity contribution >= 4 is 33.3 Å². The topological polar surface area (TPSA) is 55.4 Å². The van der Waals surface area contributed by atoms with Crippen LogP contribution in [0.2, 0.25) is 0 Å². The smallest absolute Gasteiger partial charge is 0.262 e. The van der Waals surface area contributed by atoms with Crippen LogP contribution in [0.4, 0.5) is 5.69 Å². The highest BCUT2D eigenvalue weighted by Crippen LogP contribution is 2.40. The maximum atomic E-state index is 12.2. The Kier molecular flexibility index (Phi) is 4.71. The number of Topliss-reactive ketones (excluding diaryl/α,β-unsaturated/α-hetero) is 1. The standard InChI is InChI=1S/C19H18BrNO3/c1-11-3-8-16(19-15(22)9-12(2)18(11)19)24-10-17(23)21-14-6-4-13(20)5-7-14/h3-8,12H,9-10H2,1-2H3,(H,21,23). The number of halogens is 1. The number of fused-ring (bicyclic) bond motifs is 1. The van der Waals surface area contributed by atoms with E-state index in [2.05, 4.69) is 21.2 Å². The molecule has 2 aromatic rings. The SMILES string of the molecule is Cc1ccc(OCC(=O)Nc2ccc(Br)cc2)c2c1C(C)CC2=O. The molecule has 0 radical (unpaired) electrons. The van der Waals surface area contributed by atoms with Crippen LogP contribution >= 0.6 is 15.9 Å². The van der Waals surface area contributed by atoms with Crippen molar-refractivity contribution in [2.45, 2.75) is 26.2 Å². The van der Waals surface area contributed by atoms with Crippen molar-refractivity contribution in [3.63, 3.8) is 0 Å². The molecule has 24 heavy (non-hydrogen) atoms. The van der Waals surface area contributed by atoms with Crippen molar-refractivity contribution in [2.75, 3.05) is 11.9 Å². The van der Waals surface area contributed by atoms with E-state index in [1.165, 1.54) is 0 Å². The summed E-state index contributed by atoms with van der Waals surface area (Å²) in [5, 5.41) is 2.77. The summed E-state index contributed by atoms with van der Waals surface area (Å²) in [6, 6.07) is 11.0. The van der Waals surface area contributed by atoms with Crippen LogP contribution in [0.3, 0.4) is 0 Å². The minimum Gasteiger partial charge on any atom is -0.483 e. The number of carbonyl (C=O) groups excluding carboxylic acids is 2. The van der Waals surface area contributed by atoms with Gasteiger partial charge in [-0.15, -0.1) is 0 Å². The molecule has 1 unspecified atom stereocenters. The van der Waals surface area contributed by atoms with Crippen molar-refractivity contribution < 1.29 is 14.3 Å². The highest BCUT2D eigenvalue weighted by Gasteiger charge is 2.31. The molecular weight excluding hydrogens is 370 g/mol. The zero-order valence-electron chi connectivity index (χ0n) is 13.6. The van der Waals surface area contributed by atoms with Gasteiger partial charge < -0.3 is 10.1 Å². The summed E-state index contributed by atoms with van der Waals surface area (Å²) in [4.78, 5) is 24.3. The zero-order chi connectivity index (χ0) is 17.3. The van der Waals surface area contributed by atoms with Crippen molar-refractivity contribution in [3.8, 4) is 5.75 Å². The third-order valence-electron chi connectivity index (χ3n) is 4.18. The number of amides is 1. The summed E-state index contributed by atoms with van der Waals surface area (Å²) in [7, 11) is 0. The first-order chi connectivity index (χ1) is 11.5. The van der Waals surface area contributed by atoms with E-state index in [1.54, 1.807) is 18.2 Å². The fourth-order valence-electron chi connectivity index (χ4n) is 3.10. The molecule has 124 valence electrons. The van der Waals surface area contributed by atoms with Crippen LogP contribution in [0.1, 0.15) is 40.7 Å². The number of nitrogens with one attached hydrogen (secondary N) is 1. The molecule has 0 saturated carbocycles. The van der Waals surface area contributed by atoms with Gasteiger partial charge in [0.2, 0.25) is 0 Å². The molecule has 0 fully saturated rings. The van der Waals surface area contributed by atoms with Crippen LogP contribution in [-0.2, 0) is 4.79 Å². The van der Waals surface area contributed by atoms with Gasteiger partial charge in [-0.1, -0.05) is 28.9 Å². The van der Waals surface area contributed by atoms with Gasteiger partial charge in [-0.3, -0.25) is 9.59 Å². The van der Waals surface area contributed by atoms with Crippen LogP contribution < -0.4 is 10.1 Å². The number of carbonyl (C=O) groups is 2. The number of benzene rings is 2. The lowest BCUT2D eigenvalue weighted by Crippen LogP contribution is -2.20. The third-order valence-corrected chi connectivity index (χ3v) is 4.70. The Bertz CT molecular complexity index is 799. The number of ketones is 1. The average molecular weight is 388 g/mol. The second-order valence-corrected chi connectivity index (χ2v) is 6.96. The van der Waals surface area contributed by atoms with Gasteiger partial charge in [0, 0.05) is 16.6 Å². The molecule has 1 atom stereocenters. The number of aryl methyl sites for hydroxylation is 1. The Balaban J connectivity index is 1.70. The molecule has 3 rings (SSSR count). The van der Waals surface area contributed by atoms with E-state index >= 15 is 0 Å². The number of hydrogen-bond donors (Lipinski definition) is 1. The summed E-state index contributed by atoms with van der Waals surface area (Å²) in [5.41, 5.74) is 3.48. The van der Waals surface area contributed by atoms with Crippen LogP contribution in [0.5, 0.6) is 5.75 Å². The number of ether oxygens (including phenoxy) is 1. The number of rotatable bonds is 4. The van der Waals surface area contributed by atoms with E-state index in [1.807, 2.05) is 32.0 Å². The monoisotopic (exact) mass is 387 g/mol. The highest BCUT2D eigenvalue weighted by atomic mass is 79.9. The fourth-order valence-corrected chi connectivity index (χ4v) is 3.37. The first kappa shape index (κ1) is 16.7. The Labute approximate surface area is 149 Å². The van der Waals surface area contributed by atoms with Crippen molar-refractivity contribution in [3.05, 3.63) is 57.6 Å². The quantitative estimate of drug-likeness (QED) is 0.841. The average Bonchev–Trinajstić information content (AvgIpc) is 2.85. The summed E-state index contributed by atoms with van der Waals surface area (Å²) >= 11 is 3.35. The van der Waals surface area contributed by atoms with E-state index in [-0.39, 0.29) is 24.2 Å². The first-order valence-corrected chi connectivity index (χ1v) is 8.60. The van der Waals surface area contributed by atoms with Crippen molar-refractivity contribution in [2.24, 2.45) is 0 Å². The number of anilines is 1. The third kappa shape index (κ3) is 3.36. The lowest BCUT2D eigenvalue weighted by molar-refractivity contribution is -0.118. The molecule has 1 N–H and O–H groups in total. The van der Waals surface area contributed by atoms with Gasteiger partial charge in [0.25, 0.3) is 5.91 Å². The van der Waals surface area contributed by atoms with Gasteiger partial charge in [-0.25, -0.2) is 0 Å². The van der Waals surface area contributed by atoms with Crippen LogP contribution in [0.15, 0.2) is 40.9 Å². The molecule has 0 spiro atoms. The van der Waals surface area contributed by atoms with E-state index in [4.69, 9.17) is 4.74 Å². The molecule has 1 amide bonds. The zero-order valence-corrected chi connectivity index (χ0v) is 15.1. The second-order valence-electron chi connectivity index (χ2n) is 6.04. The fraction of sp³-hybridized carbons (Fsp3) is 0.263. The largest absolute Gasteiger partial charge is 0.483 e. The molecule has 2 aromatic carbocycles.